The molecule has 8 aromatic rings. The molecule has 2 aliphatic rings. The van der Waals surface area contributed by atoms with Crippen LogP contribution in [-0.4, -0.2) is 65.6 Å². The van der Waals surface area contributed by atoms with Crippen LogP contribution in [0.25, 0.3) is 50.0 Å². The molecule has 0 saturated heterocycles. The second-order valence-corrected chi connectivity index (χ2v) is 15.3. The molecular formula is C46H41B2N7. The van der Waals surface area contributed by atoms with Crippen LogP contribution >= 0.6 is 0 Å². The molecule has 2 atom stereocenters. The summed E-state index contributed by atoms with van der Waals surface area (Å²) in [6.45, 7) is 6.77. The van der Waals surface area contributed by atoms with Gasteiger partial charge in [0.1, 0.15) is 0 Å². The number of aromatic nitrogens is 5. The quantitative estimate of drug-likeness (QED) is 0.193. The summed E-state index contributed by atoms with van der Waals surface area (Å²) in [5, 5.41) is 26.5. The zero-order chi connectivity index (χ0) is 37.2. The van der Waals surface area contributed by atoms with Gasteiger partial charge in [-0.25, -0.2) is 0 Å². The Morgan fingerprint density at radius 1 is 0.509 bits per heavy atom. The Balaban J connectivity index is 1.05. The van der Waals surface area contributed by atoms with E-state index in [0.29, 0.717) is 17.8 Å². The van der Waals surface area contributed by atoms with Crippen LogP contribution in [0.4, 0.5) is 0 Å². The first-order valence-corrected chi connectivity index (χ1v) is 19.4. The Labute approximate surface area is 322 Å². The van der Waals surface area contributed by atoms with Crippen molar-refractivity contribution < 1.29 is 0 Å². The summed E-state index contributed by atoms with van der Waals surface area (Å²) < 4.78 is 2.14. The molecule has 2 N–H and O–H groups in total. The van der Waals surface area contributed by atoms with Crippen molar-refractivity contribution in [1.29, 1.82) is 0 Å². The van der Waals surface area contributed by atoms with Crippen molar-refractivity contribution in [3.05, 3.63) is 150 Å². The maximum Gasteiger partial charge on any atom is 0.273 e. The van der Waals surface area contributed by atoms with Crippen molar-refractivity contribution in [2.24, 2.45) is 0 Å². The largest absolute Gasteiger partial charge is 0.319 e. The normalized spacial score (nSPS) is 15.2. The van der Waals surface area contributed by atoms with Crippen LogP contribution in [0.5, 0.6) is 0 Å². The van der Waals surface area contributed by atoms with E-state index in [1.54, 1.807) is 0 Å². The third-order valence-electron chi connectivity index (χ3n) is 12.4. The SMILES string of the molecule is CNCC1c2ccccc2-c2ccc(B(C)c3ccc4c5ccc(B(C)c6ccc7c(c6)C(CNC)c6ccccc6-7)cc5n(-c5nncnn5)c4c3)cc21. The number of hydrogen-bond acceptors (Lipinski definition) is 6. The number of nitrogens with one attached hydrogen (secondary N) is 2. The van der Waals surface area contributed by atoms with Gasteiger partial charge >= 0.3 is 0 Å². The van der Waals surface area contributed by atoms with Gasteiger partial charge in [0.2, 0.25) is 13.4 Å². The van der Waals surface area contributed by atoms with Gasteiger partial charge in [0.25, 0.3) is 5.95 Å². The van der Waals surface area contributed by atoms with Crippen molar-refractivity contribution in [2.75, 3.05) is 27.2 Å². The van der Waals surface area contributed by atoms with E-state index in [1.807, 2.05) is 14.1 Å². The summed E-state index contributed by atoms with van der Waals surface area (Å²) in [4.78, 5) is 0. The monoisotopic (exact) mass is 713 g/mol. The highest BCUT2D eigenvalue weighted by molar-refractivity contribution is 6.84. The highest BCUT2D eigenvalue weighted by Crippen LogP contribution is 2.45. The van der Waals surface area contributed by atoms with Crippen molar-refractivity contribution in [1.82, 2.24) is 35.6 Å². The van der Waals surface area contributed by atoms with E-state index >= 15 is 0 Å². The van der Waals surface area contributed by atoms with Gasteiger partial charge in [0.15, 0.2) is 6.33 Å². The van der Waals surface area contributed by atoms with Crippen LogP contribution in [0.15, 0.2) is 128 Å². The predicted molar refractivity (Wildman–Crippen MR) is 229 cm³/mol. The summed E-state index contributed by atoms with van der Waals surface area (Å²) in [7, 11) is 4.08. The molecule has 0 radical (unpaired) electrons. The molecule has 6 aromatic carbocycles. The zero-order valence-corrected chi connectivity index (χ0v) is 31.6. The average molecular weight is 714 g/mol. The van der Waals surface area contributed by atoms with E-state index in [-0.39, 0.29) is 13.4 Å². The third kappa shape index (κ3) is 5.36. The van der Waals surface area contributed by atoms with Gasteiger partial charge in [-0.15, -0.1) is 20.4 Å². The molecule has 2 aliphatic carbocycles. The second-order valence-electron chi connectivity index (χ2n) is 15.3. The first-order valence-electron chi connectivity index (χ1n) is 19.4. The summed E-state index contributed by atoms with van der Waals surface area (Å²) in [6, 6.07) is 45.5. The van der Waals surface area contributed by atoms with Crippen LogP contribution in [-0.2, 0) is 0 Å². The minimum absolute atomic E-state index is 0.168. The number of rotatable bonds is 9. The number of fused-ring (bicyclic) bond motifs is 9. The Bertz CT molecular complexity index is 2590. The fourth-order valence-corrected chi connectivity index (χ4v) is 9.52. The van der Waals surface area contributed by atoms with Gasteiger partial charge in [-0.1, -0.05) is 145 Å². The molecule has 2 heterocycles. The topological polar surface area (TPSA) is 80.5 Å². The number of likely N-dealkylation sites (N-methyl/N-ethyl adjacent to an activating group) is 2. The molecule has 55 heavy (non-hydrogen) atoms. The van der Waals surface area contributed by atoms with Crippen LogP contribution in [0.1, 0.15) is 34.1 Å². The van der Waals surface area contributed by atoms with Gasteiger partial charge in [-0.3, -0.25) is 4.57 Å². The zero-order valence-electron chi connectivity index (χ0n) is 31.6. The molecule has 7 nitrogen and oxygen atoms in total. The van der Waals surface area contributed by atoms with Crippen molar-refractivity contribution in [2.45, 2.75) is 25.5 Å². The lowest BCUT2D eigenvalue weighted by Gasteiger charge is -2.16. The standard InChI is InChI=1S/C46H41B2N7/c1-47(28-13-17-36-32-9-5-7-11-34(32)42(25-49-3)40(36)21-28)30-15-19-38-39-20-16-31(24-45(39)55(44(38)23-30)46-53-51-27-52-54-46)48(2)29-14-18-37-33-10-6-8-12-35(33)43(26-50-4)41(37)22-29/h5-24,27,42-43,49-50H,25-26H2,1-4H3. The van der Waals surface area contributed by atoms with Crippen molar-refractivity contribution in [3.8, 4) is 28.2 Å². The molecule has 0 saturated carbocycles. The average Bonchev–Trinajstić information content (AvgIpc) is 3.85. The molecule has 2 aromatic heterocycles. The Morgan fingerprint density at radius 2 is 0.927 bits per heavy atom. The van der Waals surface area contributed by atoms with Gasteiger partial charge in [0.05, 0.1) is 11.0 Å². The van der Waals surface area contributed by atoms with Crippen LogP contribution in [0.2, 0.25) is 13.6 Å². The summed E-state index contributed by atoms with van der Waals surface area (Å²) in [5.74, 6) is 1.14. The van der Waals surface area contributed by atoms with Gasteiger partial charge in [-0.2, -0.15) is 0 Å². The summed E-state index contributed by atoms with van der Waals surface area (Å²) >= 11 is 0. The van der Waals surface area contributed by atoms with E-state index < -0.39 is 0 Å². The number of benzene rings is 6. The molecule has 10 rings (SSSR count). The smallest absolute Gasteiger partial charge is 0.273 e. The maximum absolute atomic E-state index is 4.48. The minimum atomic E-state index is 0.168. The van der Waals surface area contributed by atoms with E-state index in [9.17, 15) is 0 Å². The Morgan fingerprint density at radius 3 is 1.40 bits per heavy atom. The van der Waals surface area contributed by atoms with Crippen molar-refractivity contribution >= 4 is 57.1 Å². The molecule has 266 valence electrons. The fourth-order valence-electron chi connectivity index (χ4n) is 9.52. The second kappa shape index (κ2) is 13.4. The summed E-state index contributed by atoms with van der Waals surface area (Å²) in [5.41, 5.74) is 18.2. The maximum atomic E-state index is 4.48. The lowest BCUT2D eigenvalue weighted by molar-refractivity contribution is 0.720. The lowest BCUT2D eigenvalue weighted by atomic mass is 9.42. The van der Waals surface area contributed by atoms with Crippen LogP contribution in [0.3, 0.4) is 0 Å². The molecule has 0 bridgehead atoms. The van der Waals surface area contributed by atoms with E-state index in [4.69, 9.17) is 0 Å². The van der Waals surface area contributed by atoms with Gasteiger partial charge in [0, 0.05) is 35.7 Å². The Kier molecular flexibility index (Phi) is 8.23. The molecule has 0 fully saturated rings. The minimum Gasteiger partial charge on any atom is -0.319 e. The van der Waals surface area contributed by atoms with Crippen LogP contribution < -0.4 is 32.5 Å². The van der Waals surface area contributed by atoms with Gasteiger partial charge < -0.3 is 10.6 Å². The van der Waals surface area contributed by atoms with Crippen molar-refractivity contribution in [3.63, 3.8) is 0 Å². The molecule has 0 aliphatic heterocycles. The van der Waals surface area contributed by atoms with Crippen LogP contribution in [0, 0.1) is 0 Å². The van der Waals surface area contributed by atoms with E-state index in [2.05, 4.69) is 171 Å². The highest BCUT2D eigenvalue weighted by atomic mass is 15.3. The number of hydrogen-bond donors (Lipinski definition) is 2. The van der Waals surface area contributed by atoms with Gasteiger partial charge in [-0.05, 0) is 70.7 Å². The van der Waals surface area contributed by atoms with E-state index in [1.165, 1.54) is 72.7 Å². The molecular weight excluding hydrogens is 672 g/mol. The Hall–Kier alpha value is -5.89. The third-order valence-corrected chi connectivity index (χ3v) is 12.4. The van der Waals surface area contributed by atoms with E-state index in [0.717, 1.165) is 34.9 Å². The molecule has 2 unspecified atom stereocenters. The first-order chi connectivity index (χ1) is 27.0. The lowest BCUT2D eigenvalue weighted by Crippen LogP contribution is -2.39. The molecule has 0 amide bonds. The summed E-state index contributed by atoms with van der Waals surface area (Å²) in [6.07, 6.45) is 1.39. The predicted octanol–water partition coefficient (Wildman–Crippen LogP) is 5.50. The fraction of sp³-hybridized carbons (Fsp3) is 0.174. The first kappa shape index (κ1) is 33.7. The number of nitrogens with zero attached hydrogens (tertiary/aromatic N) is 5. The molecule has 9 heteroatoms. The highest BCUT2D eigenvalue weighted by Gasteiger charge is 2.31. The molecule has 0 spiro atoms.